The highest BCUT2D eigenvalue weighted by molar-refractivity contribution is 7.90. The molecular weight excluding hydrogens is 408 g/mol. The highest BCUT2D eigenvalue weighted by Crippen LogP contribution is 2.20. The SMILES string of the molecule is CC(C)(C)OC(=O)N1CCN(C(=O)c2ccc(CS(=O)(=O)c3ccccc3)o2)CC1. The van der Waals surface area contributed by atoms with Gasteiger partial charge in [-0.05, 0) is 45.0 Å². The minimum absolute atomic E-state index is 0.0824. The van der Waals surface area contributed by atoms with Crippen LogP contribution in [-0.2, 0) is 20.3 Å². The van der Waals surface area contributed by atoms with Crippen molar-refractivity contribution in [3.63, 3.8) is 0 Å². The normalized spacial score (nSPS) is 15.2. The van der Waals surface area contributed by atoms with Gasteiger partial charge < -0.3 is 19.0 Å². The van der Waals surface area contributed by atoms with Gasteiger partial charge in [-0.3, -0.25) is 4.79 Å². The van der Waals surface area contributed by atoms with Crippen LogP contribution in [0.4, 0.5) is 4.79 Å². The topological polar surface area (TPSA) is 97.1 Å². The number of furan rings is 1. The van der Waals surface area contributed by atoms with E-state index in [0.717, 1.165) is 0 Å². The second-order valence-electron chi connectivity index (χ2n) is 8.10. The summed E-state index contributed by atoms with van der Waals surface area (Å²) >= 11 is 0. The lowest BCUT2D eigenvalue weighted by molar-refractivity contribution is 0.0137. The number of piperazine rings is 1. The maximum absolute atomic E-state index is 12.7. The summed E-state index contributed by atoms with van der Waals surface area (Å²) < 4.78 is 35.8. The molecule has 30 heavy (non-hydrogen) atoms. The molecule has 0 atom stereocenters. The van der Waals surface area contributed by atoms with Gasteiger partial charge in [-0.25, -0.2) is 13.2 Å². The number of nitrogens with zero attached hydrogens (tertiary/aromatic N) is 2. The van der Waals surface area contributed by atoms with E-state index >= 15 is 0 Å². The van der Waals surface area contributed by atoms with Crippen LogP contribution in [0.5, 0.6) is 0 Å². The van der Waals surface area contributed by atoms with Crippen LogP contribution in [-0.4, -0.2) is 62.0 Å². The van der Waals surface area contributed by atoms with Crippen molar-refractivity contribution in [2.24, 2.45) is 0 Å². The molecule has 8 nitrogen and oxygen atoms in total. The first-order chi connectivity index (χ1) is 14.0. The highest BCUT2D eigenvalue weighted by atomic mass is 32.2. The number of hydrogen-bond donors (Lipinski definition) is 0. The van der Waals surface area contributed by atoms with Crippen LogP contribution in [0.1, 0.15) is 37.1 Å². The fourth-order valence-electron chi connectivity index (χ4n) is 3.04. The zero-order valence-corrected chi connectivity index (χ0v) is 18.1. The third-order valence-electron chi connectivity index (χ3n) is 4.53. The molecule has 162 valence electrons. The van der Waals surface area contributed by atoms with Crippen molar-refractivity contribution < 1.29 is 27.2 Å². The molecule has 1 aromatic heterocycles. The van der Waals surface area contributed by atoms with Crippen molar-refractivity contribution in [1.29, 1.82) is 0 Å². The van der Waals surface area contributed by atoms with E-state index in [1.54, 1.807) is 48.8 Å². The molecule has 0 spiro atoms. The average Bonchev–Trinajstić information content (AvgIpc) is 3.14. The average molecular weight is 435 g/mol. The first-order valence-electron chi connectivity index (χ1n) is 9.69. The van der Waals surface area contributed by atoms with E-state index in [0.29, 0.717) is 26.2 Å². The fraction of sp³-hybridized carbons (Fsp3) is 0.429. The summed E-state index contributed by atoms with van der Waals surface area (Å²) in [7, 11) is -3.56. The molecule has 1 fully saturated rings. The second-order valence-corrected chi connectivity index (χ2v) is 10.1. The molecule has 0 saturated carbocycles. The van der Waals surface area contributed by atoms with Crippen LogP contribution >= 0.6 is 0 Å². The molecule has 0 radical (unpaired) electrons. The monoisotopic (exact) mass is 434 g/mol. The Balaban J connectivity index is 1.59. The van der Waals surface area contributed by atoms with Crippen LogP contribution in [0.15, 0.2) is 51.8 Å². The van der Waals surface area contributed by atoms with E-state index in [1.807, 2.05) is 0 Å². The van der Waals surface area contributed by atoms with E-state index in [9.17, 15) is 18.0 Å². The smallest absolute Gasteiger partial charge is 0.410 e. The van der Waals surface area contributed by atoms with Crippen LogP contribution in [0.2, 0.25) is 0 Å². The summed E-state index contributed by atoms with van der Waals surface area (Å²) in [6.45, 7) is 6.81. The molecule has 0 aliphatic carbocycles. The number of carbonyl (C=O) groups excluding carboxylic acids is 2. The van der Waals surface area contributed by atoms with Gasteiger partial charge in [0.25, 0.3) is 5.91 Å². The third kappa shape index (κ3) is 5.41. The van der Waals surface area contributed by atoms with Crippen LogP contribution < -0.4 is 0 Å². The fourth-order valence-corrected chi connectivity index (χ4v) is 4.31. The lowest BCUT2D eigenvalue weighted by Gasteiger charge is -2.35. The molecule has 1 aromatic carbocycles. The van der Waals surface area contributed by atoms with Gasteiger partial charge >= 0.3 is 6.09 Å². The van der Waals surface area contributed by atoms with Gasteiger partial charge in [0.1, 0.15) is 17.1 Å². The first kappa shape index (κ1) is 21.9. The Labute approximate surface area is 176 Å². The van der Waals surface area contributed by atoms with Crippen molar-refractivity contribution in [2.75, 3.05) is 26.2 Å². The maximum Gasteiger partial charge on any atom is 0.410 e. The van der Waals surface area contributed by atoms with Gasteiger partial charge in [0, 0.05) is 26.2 Å². The van der Waals surface area contributed by atoms with E-state index < -0.39 is 21.5 Å². The van der Waals surface area contributed by atoms with Crippen molar-refractivity contribution in [3.8, 4) is 0 Å². The quantitative estimate of drug-likeness (QED) is 0.734. The summed E-state index contributed by atoms with van der Waals surface area (Å²) in [4.78, 5) is 28.2. The molecule has 2 aromatic rings. The van der Waals surface area contributed by atoms with Crippen LogP contribution in [0.3, 0.4) is 0 Å². The Bertz CT molecular complexity index is 1000. The Morgan fingerprint density at radius 3 is 2.17 bits per heavy atom. The zero-order valence-electron chi connectivity index (χ0n) is 17.3. The molecule has 3 rings (SSSR count). The Kier molecular flexibility index (Phi) is 6.21. The van der Waals surface area contributed by atoms with Crippen molar-refractivity contribution in [1.82, 2.24) is 9.80 Å². The Morgan fingerprint density at radius 1 is 0.967 bits per heavy atom. The number of sulfone groups is 1. The van der Waals surface area contributed by atoms with Gasteiger partial charge in [0.05, 0.1) is 4.90 Å². The molecule has 1 saturated heterocycles. The van der Waals surface area contributed by atoms with Gasteiger partial charge in [-0.1, -0.05) is 18.2 Å². The van der Waals surface area contributed by atoms with Crippen molar-refractivity contribution in [3.05, 3.63) is 54.0 Å². The summed E-state index contributed by atoms with van der Waals surface area (Å²) in [5, 5.41) is 0. The molecule has 2 amide bonds. The molecular formula is C21H26N2O6S. The number of hydrogen-bond acceptors (Lipinski definition) is 6. The predicted octanol–water partition coefficient (Wildman–Crippen LogP) is 2.95. The predicted molar refractivity (Wildman–Crippen MR) is 110 cm³/mol. The van der Waals surface area contributed by atoms with Gasteiger partial charge in [0.15, 0.2) is 15.6 Å². The Hall–Kier alpha value is -2.81. The molecule has 0 N–H and O–H groups in total. The van der Waals surface area contributed by atoms with Gasteiger partial charge in [-0.15, -0.1) is 0 Å². The first-order valence-corrected chi connectivity index (χ1v) is 11.3. The number of ether oxygens (including phenoxy) is 1. The number of rotatable bonds is 4. The van der Waals surface area contributed by atoms with Crippen LogP contribution in [0.25, 0.3) is 0 Å². The second kappa shape index (κ2) is 8.51. The van der Waals surface area contributed by atoms with Crippen LogP contribution in [0, 0.1) is 0 Å². The van der Waals surface area contributed by atoms with Gasteiger partial charge in [-0.2, -0.15) is 0 Å². The summed E-state index contributed by atoms with van der Waals surface area (Å²) in [5.41, 5.74) is -0.575. The van der Waals surface area contributed by atoms with E-state index in [-0.39, 0.29) is 28.1 Å². The maximum atomic E-state index is 12.7. The lowest BCUT2D eigenvalue weighted by atomic mass is 10.2. The third-order valence-corrected chi connectivity index (χ3v) is 6.18. The van der Waals surface area contributed by atoms with Gasteiger partial charge in [0.2, 0.25) is 0 Å². The largest absolute Gasteiger partial charge is 0.455 e. The van der Waals surface area contributed by atoms with Crippen molar-refractivity contribution in [2.45, 2.75) is 37.0 Å². The van der Waals surface area contributed by atoms with E-state index in [4.69, 9.17) is 9.15 Å². The van der Waals surface area contributed by atoms with E-state index in [1.165, 1.54) is 24.3 Å². The number of amides is 2. The summed E-state index contributed by atoms with van der Waals surface area (Å²) in [5.74, 6) is -0.368. The standard InChI is InChI=1S/C21H26N2O6S/c1-21(2,3)29-20(25)23-13-11-22(12-14-23)19(24)18-10-9-16(28-18)15-30(26,27)17-7-5-4-6-8-17/h4-10H,11-15H2,1-3H3. The molecule has 0 bridgehead atoms. The minimum atomic E-state index is -3.56. The molecule has 0 unspecified atom stereocenters. The minimum Gasteiger partial charge on any atom is -0.455 e. The molecule has 1 aliphatic heterocycles. The highest BCUT2D eigenvalue weighted by Gasteiger charge is 2.29. The molecule has 2 heterocycles. The Morgan fingerprint density at radius 2 is 1.57 bits per heavy atom. The number of benzene rings is 1. The summed E-state index contributed by atoms with van der Waals surface area (Å²) in [6, 6.07) is 11.1. The van der Waals surface area contributed by atoms with Crippen molar-refractivity contribution >= 4 is 21.8 Å². The lowest BCUT2D eigenvalue weighted by Crippen LogP contribution is -2.51. The summed E-state index contributed by atoms with van der Waals surface area (Å²) in [6.07, 6.45) is -0.402. The number of carbonyl (C=O) groups is 2. The molecule has 9 heteroatoms. The molecule has 1 aliphatic rings. The zero-order chi connectivity index (χ0) is 21.9. The van der Waals surface area contributed by atoms with E-state index in [2.05, 4.69) is 0 Å².